The summed E-state index contributed by atoms with van der Waals surface area (Å²) in [5.74, 6) is 3.30. The van der Waals surface area contributed by atoms with E-state index in [1.54, 1.807) is 5.57 Å². The van der Waals surface area contributed by atoms with E-state index in [2.05, 4.69) is 63.4 Å². The molecule has 1 aromatic carbocycles. The number of ether oxygens (including phenoxy) is 3. The monoisotopic (exact) mass is 551 g/mol. The molecule has 1 spiro atoms. The summed E-state index contributed by atoms with van der Waals surface area (Å²) in [6.45, 7) is 11.0. The molecule has 1 aromatic rings. The summed E-state index contributed by atoms with van der Waals surface area (Å²) in [5.41, 5.74) is 2.25. The molecule has 0 bridgehead atoms. The molecule has 0 amide bonds. The number of hydrogen-bond acceptors (Lipinski definition) is 5. The van der Waals surface area contributed by atoms with Crippen LogP contribution < -0.4 is 10.1 Å². The van der Waals surface area contributed by atoms with Crippen LogP contribution in [0.4, 0.5) is 0 Å². The smallest absolute Gasteiger partial charge is 0.172 e. The van der Waals surface area contributed by atoms with Gasteiger partial charge in [-0.2, -0.15) is 0 Å². The maximum atomic E-state index is 11.8. The molecule has 5 heteroatoms. The van der Waals surface area contributed by atoms with Gasteiger partial charge in [0, 0.05) is 30.3 Å². The molecule has 1 heterocycles. The maximum Gasteiger partial charge on any atom is 0.172 e. The molecule has 1 saturated heterocycles. The fourth-order valence-corrected chi connectivity index (χ4v) is 9.84. The summed E-state index contributed by atoms with van der Waals surface area (Å²) in [6.07, 6.45) is 14.5. The van der Waals surface area contributed by atoms with Crippen LogP contribution in [0.25, 0.3) is 0 Å². The lowest BCUT2D eigenvalue weighted by atomic mass is 9.50. The van der Waals surface area contributed by atoms with Crippen LogP contribution in [0, 0.1) is 29.1 Å². The average Bonchev–Trinajstić information content (AvgIpc) is 3.49. The molecule has 1 aliphatic heterocycles. The van der Waals surface area contributed by atoms with E-state index in [0.29, 0.717) is 36.4 Å². The second-order valence-electron chi connectivity index (χ2n) is 14.2. The van der Waals surface area contributed by atoms with Crippen LogP contribution in [0.3, 0.4) is 0 Å². The summed E-state index contributed by atoms with van der Waals surface area (Å²) in [6, 6.07) is 9.49. The molecule has 5 nitrogen and oxygen atoms in total. The normalized spacial score (nSPS) is 37.1. The van der Waals surface area contributed by atoms with Gasteiger partial charge in [0.25, 0.3) is 0 Å². The van der Waals surface area contributed by atoms with Gasteiger partial charge in [0.1, 0.15) is 5.75 Å². The van der Waals surface area contributed by atoms with E-state index in [9.17, 15) is 5.11 Å². The molecular weight excluding hydrogens is 498 g/mol. The van der Waals surface area contributed by atoms with Gasteiger partial charge in [0.05, 0.1) is 25.4 Å². The Balaban J connectivity index is 1.15. The molecule has 7 atom stereocenters. The zero-order valence-electron chi connectivity index (χ0n) is 25.4. The van der Waals surface area contributed by atoms with Crippen LogP contribution in [0.1, 0.15) is 110 Å². The number of benzene rings is 1. The van der Waals surface area contributed by atoms with Crippen molar-refractivity contribution in [1.29, 1.82) is 0 Å². The fourth-order valence-electron chi connectivity index (χ4n) is 9.84. The Morgan fingerprint density at radius 1 is 1.07 bits per heavy atom. The van der Waals surface area contributed by atoms with Crippen LogP contribution in [-0.2, 0) is 9.47 Å². The summed E-state index contributed by atoms with van der Waals surface area (Å²) in [4.78, 5) is 0. The van der Waals surface area contributed by atoms with Crippen molar-refractivity contribution in [1.82, 2.24) is 5.32 Å². The van der Waals surface area contributed by atoms with Crippen molar-refractivity contribution in [3.05, 3.63) is 41.5 Å². The molecule has 2 N–H and O–H groups in total. The lowest BCUT2D eigenvalue weighted by molar-refractivity contribution is -0.178. The molecule has 3 saturated carbocycles. The van der Waals surface area contributed by atoms with Crippen LogP contribution in [0.5, 0.6) is 5.75 Å². The van der Waals surface area contributed by atoms with Crippen LogP contribution in [0.15, 0.2) is 35.9 Å². The minimum atomic E-state index is -0.618. The van der Waals surface area contributed by atoms with Gasteiger partial charge >= 0.3 is 0 Å². The maximum absolute atomic E-state index is 11.8. The third-order valence-electron chi connectivity index (χ3n) is 11.7. The zero-order chi connectivity index (χ0) is 28.0. The molecule has 0 aromatic heterocycles. The van der Waals surface area contributed by atoms with E-state index in [1.165, 1.54) is 18.4 Å². The number of rotatable bonds is 9. The van der Waals surface area contributed by atoms with Gasteiger partial charge in [0.15, 0.2) is 5.79 Å². The SMILES string of the molecule is CCCC(NC(C)C)c1cccc(OCC[C@]23CCC4C5CCC6(CC5=CCC4C2CC[C@]3(C)O)OCCO6)c1. The quantitative estimate of drug-likeness (QED) is 0.315. The average molecular weight is 552 g/mol. The van der Waals surface area contributed by atoms with Gasteiger partial charge in [0.2, 0.25) is 0 Å². The van der Waals surface area contributed by atoms with Crippen molar-refractivity contribution in [3.63, 3.8) is 0 Å². The predicted octanol–water partition coefficient (Wildman–Crippen LogP) is 7.34. The molecule has 5 aliphatic rings. The first-order chi connectivity index (χ1) is 19.3. The Hall–Kier alpha value is -1.40. The minimum absolute atomic E-state index is 0.0470. The highest BCUT2D eigenvalue weighted by atomic mass is 16.7. The van der Waals surface area contributed by atoms with Gasteiger partial charge in [-0.25, -0.2) is 0 Å². The summed E-state index contributed by atoms with van der Waals surface area (Å²) in [5, 5.41) is 15.6. The van der Waals surface area contributed by atoms with Crippen molar-refractivity contribution in [2.24, 2.45) is 29.1 Å². The number of fused-ring (bicyclic) bond motifs is 5. The lowest BCUT2D eigenvalue weighted by Gasteiger charge is -2.56. The minimum Gasteiger partial charge on any atom is -0.494 e. The first-order valence-electron chi connectivity index (χ1n) is 16.4. The van der Waals surface area contributed by atoms with E-state index < -0.39 is 5.60 Å². The summed E-state index contributed by atoms with van der Waals surface area (Å²) >= 11 is 0. The van der Waals surface area contributed by atoms with Gasteiger partial charge in [-0.05, 0) is 99.7 Å². The van der Waals surface area contributed by atoms with Crippen molar-refractivity contribution in [2.75, 3.05) is 19.8 Å². The standard InChI is InChI=1S/C35H53NO4/c1-5-7-32(36-24(2)3)25-8-6-9-27(22-25)38-19-18-34-16-12-29-28-13-17-35(39-20-21-40-35)23-26(28)10-11-30(29)31(34)14-15-33(34,4)37/h6,8-10,22,24,28-32,36-37H,5,7,11-21,23H2,1-4H3/t28?,29?,30?,31?,32?,33-,34+/m0/s1. The molecule has 222 valence electrons. The Morgan fingerprint density at radius 2 is 1.90 bits per heavy atom. The van der Waals surface area contributed by atoms with Gasteiger partial charge in [-0.15, -0.1) is 0 Å². The molecule has 0 radical (unpaired) electrons. The molecule has 4 fully saturated rings. The first kappa shape index (κ1) is 28.7. The highest BCUT2D eigenvalue weighted by molar-refractivity contribution is 5.31. The lowest BCUT2D eigenvalue weighted by Crippen LogP contribution is -2.54. The van der Waals surface area contributed by atoms with Crippen LogP contribution in [0.2, 0.25) is 0 Å². The zero-order valence-corrected chi connectivity index (χ0v) is 25.4. The van der Waals surface area contributed by atoms with Gasteiger partial charge < -0.3 is 24.6 Å². The van der Waals surface area contributed by atoms with Crippen molar-refractivity contribution in [2.45, 2.75) is 122 Å². The second kappa shape index (κ2) is 11.4. The Kier molecular flexibility index (Phi) is 8.15. The highest BCUT2D eigenvalue weighted by Crippen LogP contribution is 2.66. The Morgan fingerprint density at radius 3 is 2.67 bits per heavy atom. The largest absolute Gasteiger partial charge is 0.494 e. The summed E-state index contributed by atoms with van der Waals surface area (Å²) in [7, 11) is 0. The number of allylic oxidation sites excluding steroid dienone is 1. The van der Waals surface area contributed by atoms with Crippen molar-refractivity contribution < 1.29 is 19.3 Å². The van der Waals surface area contributed by atoms with E-state index in [1.807, 2.05) is 0 Å². The second-order valence-corrected chi connectivity index (χ2v) is 14.2. The molecule has 5 unspecified atom stereocenters. The van der Waals surface area contributed by atoms with Crippen LogP contribution >= 0.6 is 0 Å². The molecular formula is C35H53NO4. The van der Waals surface area contributed by atoms with Gasteiger partial charge in [-0.1, -0.05) is 51.0 Å². The van der Waals surface area contributed by atoms with E-state index in [4.69, 9.17) is 14.2 Å². The number of nitrogens with one attached hydrogen (secondary N) is 1. The number of aliphatic hydroxyl groups is 1. The third kappa shape index (κ3) is 5.18. The van der Waals surface area contributed by atoms with E-state index >= 15 is 0 Å². The Labute approximate surface area is 242 Å². The highest BCUT2D eigenvalue weighted by Gasteiger charge is 2.62. The van der Waals surface area contributed by atoms with E-state index in [0.717, 1.165) is 82.7 Å². The third-order valence-corrected chi connectivity index (χ3v) is 11.7. The Bertz CT molecular complexity index is 1060. The fraction of sp³-hybridized carbons (Fsp3) is 0.771. The van der Waals surface area contributed by atoms with E-state index in [-0.39, 0.29) is 11.2 Å². The molecule has 6 rings (SSSR count). The van der Waals surface area contributed by atoms with Gasteiger partial charge in [-0.3, -0.25) is 0 Å². The topological polar surface area (TPSA) is 60.0 Å². The number of hydrogen-bond donors (Lipinski definition) is 2. The van der Waals surface area contributed by atoms with Crippen LogP contribution in [-0.4, -0.2) is 42.4 Å². The molecule has 40 heavy (non-hydrogen) atoms. The molecule has 4 aliphatic carbocycles. The van der Waals surface area contributed by atoms with Crippen molar-refractivity contribution in [3.8, 4) is 5.75 Å². The predicted molar refractivity (Wildman–Crippen MR) is 159 cm³/mol. The van der Waals surface area contributed by atoms with Crippen molar-refractivity contribution >= 4 is 0 Å². The summed E-state index contributed by atoms with van der Waals surface area (Å²) < 4.78 is 18.7. The first-order valence-corrected chi connectivity index (χ1v) is 16.4.